The second-order valence-electron chi connectivity index (χ2n) is 8.61. The Balaban J connectivity index is 1.83. The van der Waals surface area contributed by atoms with E-state index in [9.17, 15) is 18.0 Å². The van der Waals surface area contributed by atoms with Crippen molar-refractivity contribution in [2.24, 2.45) is 11.3 Å². The predicted molar refractivity (Wildman–Crippen MR) is 99.0 cm³/mol. The molecule has 0 aromatic heterocycles. The second kappa shape index (κ2) is 7.74. The van der Waals surface area contributed by atoms with E-state index >= 15 is 0 Å². The fourth-order valence-electron chi connectivity index (χ4n) is 3.79. The first kappa shape index (κ1) is 21.0. The van der Waals surface area contributed by atoms with Crippen LogP contribution < -0.4 is 4.72 Å². The molecule has 1 saturated carbocycles. The zero-order valence-electron chi connectivity index (χ0n) is 16.3. The molecule has 26 heavy (non-hydrogen) atoms. The van der Waals surface area contributed by atoms with Crippen LogP contribution in [0.5, 0.6) is 0 Å². The van der Waals surface area contributed by atoms with Crippen molar-refractivity contribution >= 4 is 22.0 Å². The first-order valence-corrected chi connectivity index (χ1v) is 11.1. The van der Waals surface area contributed by atoms with Crippen LogP contribution in [0.25, 0.3) is 0 Å². The molecule has 0 unspecified atom stereocenters. The third-order valence-corrected chi connectivity index (χ3v) is 6.80. The fourth-order valence-corrected chi connectivity index (χ4v) is 4.41. The van der Waals surface area contributed by atoms with E-state index in [1.54, 1.807) is 4.90 Å². The average Bonchev–Trinajstić information content (AvgIpc) is 2.54. The molecular formula is C18H32N2O5S. The number of likely N-dealkylation sites (tertiary alicyclic amines) is 1. The number of piperidine rings is 1. The Morgan fingerprint density at radius 1 is 1.12 bits per heavy atom. The highest BCUT2D eigenvalue weighted by Gasteiger charge is 2.41. The highest BCUT2D eigenvalue weighted by Crippen LogP contribution is 2.46. The van der Waals surface area contributed by atoms with E-state index in [1.165, 1.54) is 6.92 Å². The molecule has 0 aromatic carbocycles. The summed E-state index contributed by atoms with van der Waals surface area (Å²) in [6, 6.07) is 0. The molecule has 1 N–H and O–H groups in total. The van der Waals surface area contributed by atoms with Gasteiger partial charge in [-0.1, -0.05) is 0 Å². The van der Waals surface area contributed by atoms with Gasteiger partial charge in [0, 0.05) is 19.0 Å². The minimum absolute atomic E-state index is 0.0874. The van der Waals surface area contributed by atoms with Crippen LogP contribution in [0.2, 0.25) is 0 Å². The number of carbonyl (C=O) groups is 2. The summed E-state index contributed by atoms with van der Waals surface area (Å²) in [5.74, 6) is -0.686. The third-order valence-electron chi connectivity index (χ3n) is 5.53. The molecule has 8 heteroatoms. The van der Waals surface area contributed by atoms with Crippen molar-refractivity contribution < 1.29 is 22.7 Å². The zero-order chi connectivity index (χ0) is 19.6. The van der Waals surface area contributed by atoms with Crippen molar-refractivity contribution in [3.05, 3.63) is 0 Å². The molecule has 1 aliphatic heterocycles. The van der Waals surface area contributed by atoms with E-state index in [1.807, 2.05) is 20.8 Å². The van der Waals surface area contributed by atoms with Gasteiger partial charge in [0.25, 0.3) is 0 Å². The highest BCUT2D eigenvalue weighted by molar-refractivity contribution is 7.90. The standard InChI is InChI=1S/C18H32N2O5S/c1-5-26(23,24)19-15(21)14-6-8-18(9-7-14)10-12-20(13-11-18)16(22)25-17(2,3)4/h14H,5-13H2,1-4H3,(H,19,21). The van der Waals surface area contributed by atoms with Crippen molar-refractivity contribution in [2.45, 2.75) is 71.8 Å². The largest absolute Gasteiger partial charge is 0.444 e. The van der Waals surface area contributed by atoms with Gasteiger partial charge in [-0.25, -0.2) is 13.2 Å². The molecule has 7 nitrogen and oxygen atoms in total. The van der Waals surface area contributed by atoms with Crippen molar-refractivity contribution in [1.82, 2.24) is 9.62 Å². The molecule has 2 fully saturated rings. The minimum atomic E-state index is -3.49. The maximum Gasteiger partial charge on any atom is 0.410 e. The average molecular weight is 389 g/mol. The summed E-state index contributed by atoms with van der Waals surface area (Å²) in [5, 5.41) is 0. The number of hydrogen-bond acceptors (Lipinski definition) is 5. The van der Waals surface area contributed by atoms with Crippen molar-refractivity contribution in [3.8, 4) is 0 Å². The number of hydrogen-bond donors (Lipinski definition) is 1. The van der Waals surface area contributed by atoms with Gasteiger partial charge in [-0.3, -0.25) is 9.52 Å². The van der Waals surface area contributed by atoms with E-state index in [0.29, 0.717) is 25.9 Å². The summed E-state index contributed by atoms with van der Waals surface area (Å²) in [7, 11) is -3.49. The van der Waals surface area contributed by atoms with Gasteiger partial charge in [0.1, 0.15) is 5.60 Å². The topological polar surface area (TPSA) is 92.8 Å². The van der Waals surface area contributed by atoms with Gasteiger partial charge in [0.05, 0.1) is 5.75 Å². The van der Waals surface area contributed by atoms with Gasteiger partial charge in [-0.05, 0) is 71.6 Å². The maximum atomic E-state index is 12.2. The summed E-state index contributed by atoms with van der Waals surface area (Å²) in [6.45, 7) is 8.46. The maximum absolute atomic E-state index is 12.2. The lowest BCUT2D eigenvalue weighted by molar-refractivity contribution is -0.125. The Kier molecular flexibility index (Phi) is 6.25. The second-order valence-corrected chi connectivity index (χ2v) is 10.6. The van der Waals surface area contributed by atoms with Crippen LogP contribution in [-0.2, 0) is 19.6 Å². The summed E-state index contributed by atoms with van der Waals surface area (Å²) in [5.41, 5.74) is -0.324. The number of sulfonamides is 1. The zero-order valence-corrected chi connectivity index (χ0v) is 17.2. The molecule has 150 valence electrons. The molecule has 2 rings (SSSR count). The first-order valence-electron chi connectivity index (χ1n) is 9.48. The molecule has 0 atom stereocenters. The first-order chi connectivity index (χ1) is 12.0. The fraction of sp³-hybridized carbons (Fsp3) is 0.889. The molecule has 0 aromatic rings. The smallest absolute Gasteiger partial charge is 0.410 e. The Hall–Kier alpha value is -1.31. The normalized spacial score (nSPS) is 21.5. The van der Waals surface area contributed by atoms with Crippen LogP contribution in [0, 0.1) is 11.3 Å². The molecule has 0 radical (unpaired) electrons. The molecule has 1 aliphatic carbocycles. The summed E-state index contributed by atoms with van der Waals surface area (Å²) in [6.07, 6.45) is 4.78. The molecule has 2 aliphatic rings. The predicted octanol–water partition coefficient (Wildman–Crippen LogP) is 2.66. The SMILES string of the molecule is CCS(=O)(=O)NC(=O)C1CCC2(CC1)CCN(C(=O)OC(C)(C)C)CC2. The number of amides is 2. The van der Waals surface area contributed by atoms with Crippen LogP contribution in [-0.4, -0.2) is 49.8 Å². The number of rotatable bonds is 3. The van der Waals surface area contributed by atoms with Crippen LogP contribution in [0.15, 0.2) is 0 Å². The van der Waals surface area contributed by atoms with Crippen LogP contribution in [0.1, 0.15) is 66.2 Å². The van der Waals surface area contributed by atoms with Crippen LogP contribution >= 0.6 is 0 Å². The molecule has 1 saturated heterocycles. The lowest BCUT2D eigenvalue weighted by Crippen LogP contribution is -2.47. The van der Waals surface area contributed by atoms with Gasteiger partial charge in [-0.15, -0.1) is 0 Å². The number of carbonyl (C=O) groups excluding carboxylic acids is 2. The Morgan fingerprint density at radius 3 is 2.12 bits per heavy atom. The number of nitrogens with zero attached hydrogens (tertiary/aromatic N) is 1. The molecule has 1 heterocycles. The van der Waals surface area contributed by atoms with Gasteiger partial charge >= 0.3 is 6.09 Å². The lowest BCUT2D eigenvalue weighted by Gasteiger charge is -2.45. The Morgan fingerprint density at radius 2 is 1.65 bits per heavy atom. The van der Waals surface area contributed by atoms with E-state index in [-0.39, 0.29) is 29.1 Å². The molecule has 0 bridgehead atoms. The van der Waals surface area contributed by atoms with E-state index in [2.05, 4.69) is 4.72 Å². The lowest BCUT2D eigenvalue weighted by atomic mass is 9.65. The Labute approximate surface area is 156 Å². The van der Waals surface area contributed by atoms with Crippen LogP contribution in [0.3, 0.4) is 0 Å². The summed E-state index contributed by atoms with van der Waals surface area (Å²) >= 11 is 0. The molecule has 2 amide bonds. The molecular weight excluding hydrogens is 356 g/mol. The summed E-state index contributed by atoms with van der Waals surface area (Å²) in [4.78, 5) is 26.1. The van der Waals surface area contributed by atoms with Crippen LogP contribution in [0.4, 0.5) is 4.79 Å². The summed E-state index contributed by atoms with van der Waals surface area (Å²) < 4.78 is 30.7. The quantitative estimate of drug-likeness (QED) is 0.802. The number of ether oxygens (including phenoxy) is 1. The third kappa shape index (κ3) is 5.59. The monoisotopic (exact) mass is 388 g/mol. The number of nitrogens with one attached hydrogen (secondary N) is 1. The van der Waals surface area contributed by atoms with Gasteiger partial charge in [-0.2, -0.15) is 0 Å². The van der Waals surface area contributed by atoms with Crippen molar-refractivity contribution in [1.29, 1.82) is 0 Å². The molecule has 1 spiro atoms. The van der Waals surface area contributed by atoms with Crippen molar-refractivity contribution in [2.75, 3.05) is 18.8 Å². The highest BCUT2D eigenvalue weighted by atomic mass is 32.2. The van der Waals surface area contributed by atoms with Gasteiger partial charge in [0.15, 0.2) is 0 Å². The van der Waals surface area contributed by atoms with E-state index in [0.717, 1.165) is 25.7 Å². The minimum Gasteiger partial charge on any atom is -0.444 e. The van der Waals surface area contributed by atoms with E-state index in [4.69, 9.17) is 4.74 Å². The van der Waals surface area contributed by atoms with Crippen molar-refractivity contribution in [3.63, 3.8) is 0 Å². The Bertz CT molecular complexity index is 620. The van der Waals surface area contributed by atoms with Gasteiger partial charge < -0.3 is 9.64 Å². The van der Waals surface area contributed by atoms with Gasteiger partial charge in [0.2, 0.25) is 15.9 Å². The van der Waals surface area contributed by atoms with E-state index < -0.39 is 15.6 Å².